The van der Waals surface area contributed by atoms with Crippen LogP contribution < -0.4 is 10.1 Å². The molecule has 36 heavy (non-hydrogen) atoms. The lowest BCUT2D eigenvalue weighted by atomic mass is 10.1. The molecule has 0 saturated heterocycles. The van der Waals surface area contributed by atoms with Crippen LogP contribution in [0.25, 0.3) is 16.9 Å². The number of nitrogens with one attached hydrogen (secondary N) is 1. The normalized spacial score (nSPS) is 11.5. The minimum atomic E-state index is -4.38. The molecule has 0 amide bonds. The number of benzene rings is 2. The largest absolute Gasteiger partial charge is 0.488 e. The Labute approximate surface area is 214 Å². The number of halogens is 1. The molecule has 0 aliphatic heterocycles. The number of aryl methyl sites for hydroxylation is 3. The van der Waals surface area contributed by atoms with Crippen LogP contribution in [0.3, 0.4) is 0 Å². The molecule has 188 valence electrons. The van der Waals surface area contributed by atoms with Gasteiger partial charge >= 0.3 is 0 Å². The molecule has 0 spiro atoms. The Hall–Kier alpha value is -3.47. The molecule has 0 saturated carbocycles. The lowest BCUT2D eigenvalue weighted by Gasteiger charge is -2.11. The first kappa shape index (κ1) is 25.6. The lowest BCUT2D eigenvalue weighted by molar-refractivity contribution is 0.334. The SMILES string of the molecule is CCc1ncnc(NCCOc2cn(-c3ccc(C)cc3)nc2-c2cc(S(=O)(=O)O)ccc2C)c1Cl. The van der Waals surface area contributed by atoms with Crippen LogP contribution in [0.1, 0.15) is 23.7 Å². The van der Waals surface area contributed by atoms with E-state index >= 15 is 0 Å². The van der Waals surface area contributed by atoms with Crippen LogP contribution in [-0.2, 0) is 16.5 Å². The number of hydrogen-bond acceptors (Lipinski definition) is 7. The Bertz CT molecular complexity index is 1490. The van der Waals surface area contributed by atoms with Crippen LogP contribution in [0.5, 0.6) is 5.75 Å². The van der Waals surface area contributed by atoms with E-state index < -0.39 is 10.1 Å². The average molecular weight is 528 g/mol. The monoisotopic (exact) mass is 527 g/mol. The van der Waals surface area contributed by atoms with Gasteiger partial charge in [0.1, 0.15) is 29.5 Å². The molecule has 4 aromatic rings. The third kappa shape index (κ3) is 5.67. The van der Waals surface area contributed by atoms with E-state index in [0.717, 1.165) is 22.5 Å². The van der Waals surface area contributed by atoms with E-state index in [1.165, 1.54) is 18.5 Å². The number of ether oxygens (including phenoxy) is 1. The standard InChI is InChI=1S/C25H26ClN5O4S/c1-4-21-23(26)25(29-15-28-21)27-11-12-35-22-14-31(18-8-5-16(2)6-9-18)30-24(22)20-13-19(36(32,33)34)10-7-17(20)3/h5-10,13-15H,4,11-12H2,1-3H3,(H,27,28,29)(H,32,33,34). The van der Waals surface area contributed by atoms with Gasteiger partial charge in [0.05, 0.1) is 29.0 Å². The van der Waals surface area contributed by atoms with Crippen molar-refractivity contribution in [2.75, 3.05) is 18.5 Å². The van der Waals surface area contributed by atoms with Crippen molar-refractivity contribution < 1.29 is 17.7 Å². The zero-order valence-corrected chi connectivity index (χ0v) is 21.6. The quantitative estimate of drug-likeness (QED) is 0.233. The predicted molar refractivity (Wildman–Crippen MR) is 139 cm³/mol. The second-order valence-corrected chi connectivity index (χ2v) is 9.99. The Balaban J connectivity index is 1.63. The number of nitrogens with zero attached hydrogens (tertiary/aromatic N) is 4. The summed E-state index contributed by atoms with van der Waals surface area (Å²) in [7, 11) is -4.38. The first-order valence-electron chi connectivity index (χ1n) is 11.3. The van der Waals surface area contributed by atoms with E-state index in [9.17, 15) is 13.0 Å². The smallest absolute Gasteiger partial charge is 0.294 e. The van der Waals surface area contributed by atoms with Gasteiger partial charge in [-0.3, -0.25) is 4.55 Å². The maximum Gasteiger partial charge on any atom is 0.294 e. The average Bonchev–Trinajstić information content (AvgIpc) is 3.26. The maximum absolute atomic E-state index is 11.8. The van der Waals surface area contributed by atoms with E-state index in [4.69, 9.17) is 21.4 Å². The highest BCUT2D eigenvalue weighted by Gasteiger charge is 2.19. The first-order valence-corrected chi connectivity index (χ1v) is 13.1. The topological polar surface area (TPSA) is 119 Å². The zero-order valence-electron chi connectivity index (χ0n) is 20.1. The van der Waals surface area contributed by atoms with Gasteiger partial charge < -0.3 is 10.1 Å². The van der Waals surface area contributed by atoms with E-state index in [1.807, 2.05) is 45.0 Å². The molecule has 2 heterocycles. The minimum absolute atomic E-state index is 0.217. The van der Waals surface area contributed by atoms with Crippen molar-refractivity contribution in [2.45, 2.75) is 32.1 Å². The van der Waals surface area contributed by atoms with Crippen LogP contribution >= 0.6 is 11.6 Å². The van der Waals surface area contributed by atoms with Gasteiger partial charge in [0, 0.05) is 5.56 Å². The molecule has 0 bridgehead atoms. The summed E-state index contributed by atoms with van der Waals surface area (Å²) < 4.78 is 40.8. The van der Waals surface area contributed by atoms with Crippen molar-refractivity contribution in [2.24, 2.45) is 0 Å². The third-order valence-electron chi connectivity index (χ3n) is 5.59. The van der Waals surface area contributed by atoms with Crippen molar-refractivity contribution in [3.8, 4) is 22.7 Å². The summed E-state index contributed by atoms with van der Waals surface area (Å²) in [4.78, 5) is 8.13. The summed E-state index contributed by atoms with van der Waals surface area (Å²) in [6, 6.07) is 12.2. The van der Waals surface area contributed by atoms with Crippen LogP contribution in [0, 0.1) is 13.8 Å². The maximum atomic E-state index is 11.8. The summed E-state index contributed by atoms with van der Waals surface area (Å²) in [5.41, 5.74) is 4.45. The van der Waals surface area contributed by atoms with Gasteiger partial charge in [-0.2, -0.15) is 13.5 Å². The summed E-state index contributed by atoms with van der Waals surface area (Å²) >= 11 is 6.35. The molecule has 2 aromatic carbocycles. The Morgan fingerprint density at radius 3 is 2.56 bits per heavy atom. The fourth-order valence-corrected chi connectivity index (χ4v) is 4.41. The van der Waals surface area contributed by atoms with Gasteiger partial charge in [-0.05, 0) is 50.1 Å². The van der Waals surface area contributed by atoms with Crippen LogP contribution in [0.2, 0.25) is 5.02 Å². The molecule has 0 radical (unpaired) electrons. The van der Waals surface area contributed by atoms with Gasteiger partial charge in [0.2, 0.25) is 0 Å². The third-order valence-corrected chi connectivity index (χ3v) is 6.84. The van der Waals surface area contributed by atoms with Crippen molar-refractivity contribution in [3.63, 3.8) is 0 Å². The van der Waals surface area contributed by atoms with Crippen molar-refractivity contribution in [3.05, 3.63) is 76.8 Å². The Morgan fingerprint density at radius 1 is 1.11 bits per heavy atom. The van der Waals surface area contributed by atoms with E-state index in [0.29, 0.717) is 40.8 Å². The van der Waals surface area contributed by atoms with Crippen molar-refractivity contribution >= 4 is 27.5 Å². The fourth-order valence-electron chi connectivity index (χ4n) is 3.60. The van der Waals surface area contributed by atoms with E-state index in [1.54, 1.807) is 16.9 Å². The molecular weight excluding hydrogens is 502 g/mol. The molecule has 0 aliphatic rings. The second kappa shape index (κ2) is 10.7. The zero-order chi connectivity index (χ0) is 25.9. The molecule has 2 aromatic heterocycles. The molecule has 2 N–H and O–H groups in total. The molecular formula is C25H26ClN5O4S. The predicted octanol–water partition coefficient (Wildman–Crippen LogP) is 4.90. The van der Waals surface area contributed by atoms with Crippen LogP contribution in [0.15, 0.2) is 59.9 Å². The summed E-state index contributed by atoms with van der Waals surface area (Å²) in [5, 5.41) is 8.32. The fraction of sp³-hybridized carbons (Fsp3) is 0.240. The second-order valence-electron chi connectivity index (χ2n) is 8.19. The van der Waals surface area contributed by atoms with Crippen molar-refractivity contribution in [1.82, 2.24) is 19.7 Å². The van der Waals surface area contributed by atoms with Crippen molar-refractivity contribution in [1.29, 1.82) is 0 Å². The van der Waals surface area contributed by atoms with Gasteiger partial charge in [-0.15, -0.1) is 0 Å². The molecule has 0 fully saturated rings. The molecule has 0 aliphatic carbocycles. The Kier molecular flexibility index (Phi) is 7.58. The minimum Gasteiger partial charge on any atom is -0.488 e. The number of rotatable bonds is 9. The Morgan fingerprint density at radius 2 is 1.86 bits per heavy atom. The highest BCUT2D eigenvalue weighted by Crippen LogP contribution is 2.34. The summed E-state index contributed by atoms with van der Waals surface area (Å²) in [6.45, 7) is 6.46. The van der Waals surface area contributed by atoms with Crippen LogP contribution in [0.4, 0.5) is 5.82 Å². The van der Waals surface area contributed by atoms with Gasteiger partial charge in [-0.1, -0.05) is 42.3 Å². The highest BCUT2D eigenvalue weighted by molar-refractivity contribution is 7.85. The van der Waals surface area contributed by atoms with E-state index in [2.05, 4.69) is 15.3 Å². The van der Waals surface area contributed by atoms with Crippen LogP contribution in [-0.4, -0.2) is 45.9 Å². The molecule has 0 atom stereocenters. The molecule has 4 rings (SSSR count). The molecule has 11 heteroatoms. The number of aromatic nitrogens is 4. The molecule has 0 unspecified atom stereocenters. The molecule has 9 nitrogen and oxygen atoms in total. The summed E-state index contributed by atoms with van der Waals surface area (Å²) in [6.07, 6.45) is 3.89. The van der Waals surface area contributed by atoms with E-state index in [-0.39, 0.29) is 11.5 Å². The number of hydrogen-bond donors (Lipinski definition) is 2. The van der Waals surface area contributed by atoms with Gasteiger partial charge in [-0.25, -0.2) is 14.6 Å². The van der Waals surface area contributed by atoms with Gasteiger partial charge in [0.25, 0.3) is 10.1 Å². The summed E-state index contributed by atoms with van der Waals surface area (Å²) in [5.74, 6) is 0.982. The number of anilines is 1. The highest BCUT2D eigenvalue weighted by atomic mass is 35.5. The lowest BCUT2D eigenvalue weighted by Crippen LogP contribution is -2.13. The van der Waals surface area contributed by atoms with Gasteiger partial charge in [0.15, 0.2) is 5.75 Å². The first-order chi connectivity index (χ1) is 17.2.